The second-order valence-corrected chi connectivity index (χ2v) is 8.78. The zero-order chi connectivity index (χ0) is 20.6. The third-order valence-corrected chi connectivity index (χ3v) is 5.82. The van der Waals surface area contributed by atoms with Gasteiger partial charge in [0.2, 0.25) is 0 Å². The Labute approximate surface area is 166 Å². The molecular weight excluding hydrogens is 379 g/mol. The molecule has 0 spiro atoms. The normalized spacial score (nSPS) is 14.6. The minimum atomic E-state index is -2.96. The van der Waals surface area contributed by atoms with Crippen LogP contribution < -0.4 is 0 Å². The third kappa shape index (κ3) is 6.71. The van der Waals surface area contributed by atoms with Crippen LogP contribution in [0.5, 0.6) is 0 Å². The Morgan fingerprint density at radius 2 is 1.75 bits per heavy atom. The van der Waals surface area contributed by atoms with Crippen LogP contribution in [0.15, 0.2) is 36.4 Å². The van der Waals surface area contributed by atoms with E-state index in [1.807, 2.05) is 43.3 Å². The maximum Gasteiger partial charge on any atom is 0.327 e. The monoisotopic (exact) mass is 408 g/mol. The average molecular weight is 408 g/mol. The number of carbonyl (C=O) groups is 1. The van der Waals surface area contributed by atoms with Gasteiger partial charge < -0.3 is 18.9 Å². The van der Waals surface area contributed by atoms with Gasteiger partial charge in [-0.2, -0.15) is 0 Å². The SMILES string of the molecule is CCOP(C)(=O)OCCCCOC(=O)C(C)c1ccc2cc(CO)ccc2c1. The minimum Gasteiger partial charge on any atom is -0.465 e. The summed E-state index contributed by atoms with van der Waals surface area (Å²) in [7, 11) is -2.96. The van der Waals surface area contributed by atoms with Gasteiger partial charge in [0.05, 0.1) is 32.3 Å². The van der Waals surface area contributed by atoms with Crippen LogP contribution in [0.1, 0.15) is 43.7 Å². The molecule has 6 nitrogen and oxygen atoms in total. The van der Waals surface area contributed by atoms with E-state index in [0.29, 0.717) is 32.7 Å². The van der Waals surface area contributed by atoms with Crippen molar-refractivity contribution < 1.29 is 28.3 Å². The number of hydrogen-bond acceptors (Lipinski definition) is 6. The van der Waals surface area contributed by atoms with Gasteiger partial charge in [-0.25, -0.2) is 0 Å². The Kier molecular flexibility index (Phi) is 8.64. The quantitative estimate of drug-likeness (QED) is 0.332. The van der Waals surface area contributed by atoms with Gasteiger partial charge in [-0.3, -0.25) is 9.36 Å². The number of fused-ring (bicyclic) bond motifs is 1. The Hall–Kier alpha value is -1.72. The number of carbonyl (C=O) groups excluding carboxylic acids is 1. The van der Waals surface area contributed by atoms with E-state index < -0.39 is 7.60 Å². The van der Waals surface area contributed by atoms with Crippen molar-refractivity contribution in [2.45, 2.75) is 39.2 Å². The highest BCUT2D eigenvalue weighted by Gasteiger charge is 2.18. The standard InChI is InChI=1S/C21H29O6P/c1-4-26-28(3,24)27-12-6-5-11-25-21(23)16(2)18-9-10-19-13-17(15-22)7-8-20(19)14-18/h7-10,13-14,16,22H,4-6,11-12,15H2,1-3H3. The van der Waals surface area contributed by atoms with Crippen LogP contribution in [0, 0.1) is 0 Å². The molecule has 0 aliphatic carbocycles. The number of rotatable bonds is 11. The van der Waals surface area contributed by atoms with Crippen LogP contribution in [0.2, 0.25) is 0 Å². The van der Waals surface area contributed by atoms with Crippen molar-refractivity contribution in [1.82, 2.24) is 0 Å². The van der Waals surface area contributed by atoms with E-state index in [4.69, 9.17) is 13.8 Å². The summed E-state index contributed by atoms with van der Waals surface area (Å²) in [5.74, 6) is -0.644. The topological polar surface area (TPSA) is 82.1 Å². The molecule has 2 atom stereocenters. The third-order valence-electron chi connectivity index (χ3n) is 4.44. The van der Waals surface area contributed by atoms with Crippen molar-refractivity contribution >= 4 is 24.3 Å². The first-order chi connectivity index (χ1) is 13.4. The molecule has 2 unspecified atom stereocenters. The number of aliphatic hydroxyl groups is 1. The van der Waals surface area contributed by atoms with Gasteiger partial charge in [0.1, 0.15) is 0 Å². The second-order valence-electron chi connectivity index (χ2n) is 6.72. The summed E-state index contributed by atoms with van der Waals surface area (Å²) in [6, 6.07) is 11.6. The summed E-state index contributed by atoms with van der Waals surface area (Å²) in [5.41, 5.74) is 1.75. The van der Waals surface area contributed by atoms with E-state index in [0.717, 1.165) is 21.9 Å². The van der Waals surface area contributed by atoms with Gasteiger partial charge in [0.25, 0.3) is 0 Å². The molecule has 1 N–H and O–H groups in total. The van der Waals surface area contributed by atoms with Gasteiger partial charge in [-0.15, -0.1) is 0 Å². The number of esters is 1. The highest BCUT2D eigenvalue weighted by atomic mass is 31.2. The number of aliphatic hydroxyl groups excluding tert-OH is 1. The fourth-order valence-corrected chi connectivity index (χ4v) is 3.83. The zero-order valence-electron chi connectivity index (χ0n) is 16.7. The lowest BCUT2D eigenvalue weighted by Gasteiger charge is -2.14. The van der Waals surface area contributed by atoms with Crippen molar-refractivity contribution in [2.75, 3.05) is 26.5 Å². The maximum atomic E-state index is 12.3. The number of hydrogen-bond donors (Lipinski definition) is 1. The van der Waals surface area contributed by atoms with E-state index in [1.165, 1.54) is 6.66 Å². The number of unbranched alkanes of at least 4 members (excludes halogenated alkanes) is 1. The Morgan fingerprint density at radius 1 is 1.07 bits per heavy atom. The first-order valence-electron chi connectivity index (χ1n) is 9.53. The second kappa shape index (κ2) is 10.7. The van der Waals surface area contributed by atoms with E-state index >= 15 is 0 Å². The molecule has 0 aromatic heterocycles. The van der Waals surface area contributed by atoms with Crippen molar-refractivity contribution in [3.05, 3.63) is 47.5 Å². The van der Waals surface area contributed by atoms with E-state index in [2.05, 4.69) is 0 Å². The lowest BCUT2D eigenvalue weighted by atomic mass is 9.97. The maximum absolute atomic E-state index is 12.3. The molecule has 0 heterocycles. The fraction of sp³-hybridized carbons (Fsp3) is 0.476. The van der Waals surface area contributed by atoms with Crippen LogP contribution >= 0.6 is 7.60 Å². The van der Waals surface area contributed by atoms with Crippen molar-refractivity contribution in [3.8, 4) is 0 Å². The molecular formula is C21H29O6P. The summed E-state index contributed by atoms with van der Waals surface area (Å²) < 4.78 is 27.4. The van der Waals surface area contributed by atoms with E-state index in [-0.39, 0.29) is 18.5 Å². The molecule has 0 radical (unpaired) electrons. The lowest BCUT2D eigenvalue weighted by Crippen LogP contribution is -2.14. The Bertz CT molecular complexity index is 835. The molecule has 28 heavy (non-hydrogen) atoms. The van der Waals surface area contributed by atoms with Crippen molar-refractivity contribution in [2.24, 2.45) is 0 Å². The number of benzene rings is 2. The van der Waals surface area contributed by atoms with Crippen molar-refractivity contribution in [1.29, 1.82) is 0 Å². The molecule has 0 bridgehead atoms. The van der Waals surface area contributed by atoms with Crippen LogP contribution in [0.4, 0.5) is 0 Å². The van der Waals surface area contributed by atoms with Crippen LogP contribution in [-0.4, -0.2) is 37.6 Å². The predicted molar refractivity (Wildman–Crippen MR) is 110 cm³/mol. The van der Waals surface area contributed by atoms with Crippen LogP contribution in [0.3, 0.4) is 0 Å². The highest BCUT2D eigenvalue weighted by molar-refractivity contribution is 7.52. The molecule has 154 valence electrons. The summed E-state index contributed by atoms with van der Waals surface area (Å²) in [6.07, 6.45) is 1.27. The molecule has 2 aromatic rings. The first-order valence-corrected chi connectivity index (χ1v) is 11.5. The smallest absolute Gasteiger partial charge is 0.327 e. The van der Waals surface area contributed by atoms with E-state index in [9.17, 15) is 14.5 Å². The van der Waals surface area contributed by atoms with E-state index in [1.54, 1.807) is 6.92 Å². The van der Waals surface area contributed by atoms with Gasteiger partial charge in [-0.1, -0.05) is 30.3 Å². The molecule has 0 amide bonds. The largest absolute Gasteiger partial charge is 0.465 e. The molecule has 0 saturated heterocycles. The summed E-state index contributed by atoms with van der Waals surface area (Å²) in [6.45, 7) is 6.00. The van der Waals surface area contributed by atoms with Gasteiger partial charge in [0.15, 0.2) is 0 Å². The average Bonchev–Trinajstić information content (AvgIpc) is 2.68. The highest BCUT2D eigenvalue weighted by Crippen LogP contribution is 2.43. The summed E-state index contributed by atoms with van der Waals surface area (Å²) in [4.78, 5) is 12.3. The molecule has 0 aliphatic rings. The fourth-order valence-electron chi connectivity index (χ4n) is 2.82. The first kappa shape index (κ1) is 22.6. The van der Waals surface area contributed by atoms with Crippen LogP contribution in [-0.2, 0) is 29.8 Å². The Balaban J connectivity index is 1.79. The predicted octanol–water partition coefficient (Wildman–Crippen LogP) is 4.64. The molecule has 0 aliphatic heterocycles. The summed E-state index contributed by atoms with van der Waals surface area (Å²) in [5, 5.41) is 11.3. The molecule has 0 saturated carbocycles. The zero-order valence-corrected chi connectivity index (χ0v) is 17.6. The van der Waals surface area contributed by atoms with Gasteiger partial charge in [0, 0.05) is 6.66 Å². The molecule has 2 aromatic carbocycles. The van der Waals surface area contributed by atoms with Crippen molar-refractivity contribution in [3.63, 3.8) is 0 Å². The Morgan fingerprint density at radius 3 is 2.46 bits per heavy atom. The molecule has 0 fully saturated rings. The molecule has 7 heteroatoms. The molecule has 2 rings (SSSR count). The van der Waals surface area contributed by atoms with Crippen LogP contribution in [0.25, 0.3) is 10.8 Å². The summed E-state index contributed by atoms with van der Waals surface area (Å²) >= 11 is 0. The van der Waals surface area contributed by atoms with Gasteiger partial charge in [-0.05, 0) is 54.7 Å². The minimum absolute atomic E-state index is 0.00684. The van der Waals surface area contributed by atoms with Gasteiger partial charge >= 0.3 is 13.6 Å². The number of ether oxygens (including phenoxy) is 1. The lowest BCUT2D eigenvalue weighted by molar-refractivity contribution is -0.145.